The predicted octanol–water partition coefficient (Wildman–Crippen LogP) is 2.58. The van der Waals surface area contributed by atoms with Crippen molar-refractivity contribution in [1.29, 1.82) is 0 Å². The first-order chi connectivity index (χ1) is 8.13. The SMILES string of the molecule is CCC(=O)N1CCS/C1=C/c1c(C)noc1C. The number of hydrogen-bond acceptors (Lipinski definition) is 4. The summed E-state index contributed by atoms with van der Waals surface area (Å²) in [6.45, 7) is 6.48. The molecule has 1 fully saturated rings. The van der Waals surface area contributed by atoms with Crippen LogP contribution in [0.15, 0.2) is 9.55 Å². The number of aryl methyl sites for hydroxylation is 2. The van der Waals surface area contributed by atoms with Crippen molar-refractivity contribution in [3.05, 3.63) is 22.0 Å². The van der Waals surface area contributed by atoms with Gasteiger partial charge in [0.2, 0.25) is 5.91 Å². The van der Waals surface area contributed by atoms with E-state index < -0.39 is 0 Å². The van der Waals surface area contributed by atoms with Gasteiger partial charge < -0.3 is 9.42 Å². The monoisotopic (exact) mass is 252 g/mol. The Labute approximate surface area is 105 Å². The molecule has 1 aliphatic heterocycles. The highest BCUT2D eigenvalue weighted by Crippen LogP contribution is 2.31. The molecule has 1 aromatic heterocycles. The number of carbonyl (C=O) groups is 1. The molecule has 0 unspecified atom stereocenters. The Bertz CT molecular complexity index is 446. The molecule has 5 heteroatoms. The van der Waals surface area contributed by atoms with Gasteiger partial charge in [-0.15, -0.1) is 11.8 Å². The summed E-state index contributed by atoms with van der Waals surface area (Å²) < 4.78 is 5.12. The lowest BCUT2D eigenvalue weighted by atomic mass is 10.2. The van der Waals surface area contributed by atoms with Crippen LogP contribution in [0, 0.1) is 13.8 Å². The molecule has 0 atom stereocenters. The fourth-order valence-electron chi connectivity index (χ4n) is 1.81. The molecule has 1 aromatic rings. The van der Waals surface area contributed by atoms with Gasteiger partial charge in [-0.1, -0.05) is 12.1 Å². The van der Waals surface area contributed by atoms with Crippen LogP contribution in [0.3, 0.4) is 0 Å². The molecule has 4 nitrogen and oxygen atoms in total. The standard InChI is InChI=1S/C12H16N2O2S/c1-4-11(15)14-5-6-17-12(14)7-10-8(2)13-16-9(10)3/h7H,4-6H2,1-3H3/b12-7+. The summed E-state index contributed by atoms with van der Waals surface area (Å²) in [6, 6.07) is 0. The van der Waals surface area contributed by atoms with E-state index in [1.807, 2.05) is 31.7 Å². The minimum Gasteiger partial charge on any atom is -0.361 e. The van der Waals surface area contributed by atoms with Crippen molar-refractivity contribution in [3.8, 4) is 0 Å². The maximum atomic E-state index is 11.8. The molecule has 17 heavy (non-hydrogen) atoms. The number of rotatable bonds is 2. The number of thioether (sulfide) groups is 1. The van der Waals surface area contributed by atoms with Crippen molar-refractivity contribution in [2.45, 2.75) is 27.2 Å². The quantitative estimate of drug-likeness (QED) is 0.811. The van der Waals surface area contributed by atoms with Gasteiger partial charge in [-0.25, -0.2) is 0 Å². The van der Waals surface area contributed by atoms with Crippen LogP contribution < -0.4 is 0 Å². The Morgan fingerprint density at radius 1 is 1.59 bits per heavy atom. The molecule has 0 N–H and O–H groups in total. The van der Waals surface area contributed by atoms with E-state index in [9.17, 15) is 4.79 Å². The third-order valence-electron chi connectivity index (χ3n) is 2.79. The normalized spacial score (nSPS) is 18.1. The molecule has 2 rings (SSSR count). The smallest absolute Gasteiger partial charge is 0.227 e. The lowest BCUT2D eigenvalue weighted by molar-refractivity contribution is -0.128. The molecule has 0 aliphatic carbocycles. The third kappa shape index (κ3) is 2.39. The molecular weight excluding hydrogens is 236 g/mol. The summed E-state index contributed by atoms with van der Waals surface area (Å²) in [7, 11) is 0. The topological polar surface area (TPSA) is 46.3 Å². The zero-order chi connectivity index (χ0) is 12.4. The van der Waals surface area contributed by atoms with Gasteiger partial charge >= 0.3 is 0 Å². The van der Waals surface area contributed by atoms with E-state index in [0.717, 1.165) is 34.3 Å². The summed E-state index contributed by atoms with van der Waals surface area (Å²) in [5, 5.41) is 4.92. The molecule has 0 bridgehead atoms. The summed E-state index contributed by atoms with van der Waals surface area (Å²) in [5.74, 6) is 1.93. The van der Waals surface area contributed by atoms with Gasteiger partial charge in [0, 0.05) is 24.3 Å². The Hall–Kier alpha value is -1.23. The zero-order valence-electron chi connectivity index (χ0n) is 10.3. The Balaban J connectivity index is 2.30. The highest BCUT2D eigenvalue weighted by molar-refractivity contribution is 8.03. The van der Waals surface area contributed by atoms with E-state index in [-0.39, 0.29) is 5.91 Å². The molecule has 92 valence electrons. The summed E-state index contributed by atoms with van der Waals surface area (Å²) >= 11 is 1.71. The van der Waals surface area contributed by atoms with Crippen molar-refractivity contribution in [2.24, 2.45) is 0 Å². The highest BCUT2D eigenvalue weighted by Gasteiger charge is 2.23. The van der Waals surface area contributed by atoms with E-state index in [1.165, 1.54) is 0 Å². The van der Waals surface area contributed by atoms with E-state index in [1.54, 1.807) is 11.8 Å². The van der Waals surface area contributed by atoms with Crippen LogP contribution in [-0.4, -0.2) is 28.3 Å². The van der Waals surface area contributed by atoms with Crippen LogP contribution >= 0.6 is 11.8 Å². The molecule has 0 aromatic carbocycles. The highest BCUT2D eigenvalue weighted by atomic mass is 32.2. The predicted molar refractivity (Wildman–Crippen MR) is 68.4 cm³/mol. The number of amides is 1. The van der Waals surface area contributed by atoms with Gasteiger partial charge in [-0.05, 0) is 19.9 Å². The molecule has 1 saturated heterocycles. The first-order valence-electron chi connectivity index (χ1n) is 5.71. The molecule has 2 heterocycles. The molecule has 0 saturated carbocycles. The minimum absolute atomic E-state index is 0.174. The average Bonchev–Trinajstić information content (AvgIpc) is 2.90. The van der Waals surface area contributed by atoms with Crippen LogP contribution in [0.1, 0.15) is 30.4 Å². The lowest BCUT2D eigenvalue weighted by Crippen LogP contribution is -2.25. The van der Waals surface area contributed by atoms with E-state index in [0.29, 0.717) is 6.42 Å². The van der Waals surface area contributed by atoms with Gasteiger partial charge in [-0.3, -0.25) is 4.79 Å². The molecule has 0 radical (unpaired) electrons. The maximum absolute atomic E-state index is 11.8. The van der Waals surface area contributed by atoms with Crippen molar-refractivity contribution >= 4 is 23.7 Å². The largest absolute Gasteiger partial charge is 0.361 e. The van der Waals surface area contributed by atoms with Crippen LogP contribution in [0.5, 0.6) is 0 Å². The molecule has 1 amide bonds. The summed E-state index contributed by atoms with van der Waals surface area (Å²) in [5.41, 5.74) is 1.86. The lowest BCUT2D eigenvalue weighted by Gasteiger charge is -2.15. The van der Waals surface area contributed by atoms with E-state index in [2.05, 4.69) is 5.16 Å². The van der Waals surface area contributed by atoms with Crippen molar-refractivity contribution in [1.82, 2.24) is 10.1 Å². The van der Waals surface area contributed by atoms with Gasteiger partial charge in [0.15, 0.2) is 0 Å². The zero-order valence-corrected chi connectivity index (χ0v) is 11.1. The van der Waals surface area contributed by atoms with Crippen LogP contribution in [-0.2, 0) is 4.79 Å². The summed E-state index contributed by atoms with van der Waals surface area (Å²) in [6.07, 6.45) is 2.55. The Kier molecular flexibility index (Phi) is 3.57. The second-order valence-electron chi connectivity index (χ2n) is 3.97. The Morgan fingerprint density at radius 2 is 2.35 bits per heavy atom. The molecule has 1 aliphatic rings. The van der Waals surface area contributed by atoms with Crippen molar-refractivity contribution < 1.29 is 9.32 Å². The van der Waals surface area contributed by atoms with Gasteiger partial charge in [0.25, 0.3) is 0 Å². The van der Waals surface area contributed by atoms with Gasteiger partial charge in [0.1, 0.15) is 5.76 Å². The average molecular weight is 252 g/mol. The van der Waals surface area contributed by atoms with Crippen LogP contribution in [0.25, 0.3) is 6.08 Å². The fraction of sp³-hybridized carbons (Fsp3) is 0.500. The van der Waals surface area contributed by atoms with E-state index in [4.69, 9.17) is 4.52 Å². The van der Waals surface area contributed by atoms with Gasteiger partial charge in [0.05, 0.1) is 10.7 Å². The second kappa shape index (κ2) is 4.96. The second-order valence-corrected chi connectivity index (χ2v) is 5.08. The third-order valence-corrected chi connectivity index (χ3v) is 3.81. The molecular formula is C12H16N2O2S. The minimum atomic E-state index is 0.174. The number of hydrogen-bond donors (Lipinski definition) is 0. The maximum Gasteiger partial charge on any atom is 0.227 e. The Morgan fingerprint density at radius 3 is 2.94 bits per heavy atom. The van der Waals surface area contributed by atoms with Crippen molar-refractivity contribution in [3.63, 3.8) is 0 Å². The fourth-order valence-corrected chi connectivity index (χ4v) is 2.84. The molecule has 0 spiro atoms. The van der Waals surface area contributed by atoms with Crippen LogP contribution in [0.2, 0.25) is 0 Å². The number of carbonyl (C=O) groups excluding carboxylic acids is 1. The van der Waals surface area contributed by atoms with Gasteiger partial charge in [-0.2, -0.15) is 0 Å². The van der Waals surface area contributed by atoms with Crippen molar-refractivity contribution in [2.75, 3.05) is 12.3 Å². The van der Waals surface area contributed by atoms with Crippen LogP contribution in [0.4, 0.5) is 0 Å². The first-order valence-corrected chi connectivity index (χ1v) is 6.69. The number of nitrogens with zero attached hydrogens (tertiary/aromatic N) is 2. The first kappa shape index (κ1) is 12.2. The van der Waals surface area contributed by atoms with E-state index >= 15 is 0 Å². The summed E-state index contributed by atoms with van der Waals surface area (Å²) in [4.78, 5) is 13.6. The number of aromatic nitrogens is 1.